The van der Waals surface area contributed by atoms with Gasteiger partial charge in [-0.1, -0.05) is 0 Å². The van der Waals surface area contributed by atoms with Gasteiger partial charge in [0.05, 0.1) is 26.6 Å². The summed E-state index contributed by atoms with van der Waals surface area (Å²) in [5.74, 6) is -0.885. The molecule has 0 unspecified atom stereocenters. The summed E-state index contributed by atoms with van der Waals surface area (Å²) in [7, 11) is -2.76. The number of esters is 1. The third-order valence-electron chi connectivity index (χ3n) is 2.71. The molecule has 22 heavy (non-hydrogen) atoms. The van der Waals surface area contributed by atoms with E-state index in [1.165, 1.54) is 0 Å². The molecule has 0 aromatic heterocycles. The molecule has 0 aromatic carbocycles. The van der Waals surface area contributed by atoms with Gasteiger partial charge in [-0.2, -0.15) is 8.42 Å². The van der Waals surface area contributed by atoms with E-state index in [-0.39, 0.29) is 13.2 Å². The Morgan fingerprint density at radius 1 is 1.32 bits per heavy atom. The summed E-state index contributed by atoms with van der Waals surface area (Å²) >= 11 is 0. The summed E-state index contributed by atoms with van der Waals surface area (Å²) in [5.41, 5.74) is -2.59. The number of ether oxygens (including phenoxy) is 3. The highest BCUT2D eigenvalue weighted by Gasteiger charge is 2.55. The number of alkyl carbamates (subject to hydrolysis) is 1. The molecule has 1 fully saturated rings. The van der Waals surface area contributed by atoms with Crippen molar-refractivity contribution < 1.29 is 36.4 Å². The van der Waals surface area contributed by atoms with Gasteiger partial charge in [0.2, 0.25) is 0 Å². The minimum Gasteiger partial charge on any atom is -0.467 e. The van der Waals surface area contributed by atoms with E-state index in [4.69, 9.17) is 13.7 Å². The van der Waals surface area contributed by atoms with Crippen LogP contribution in [0.4, 0.5) is 4.79 Å². The van der Waals surface area contributed by atoms with Crippen LogP contribution in [0.1, 0.15) is 20.8 Å². The highest BCUT2D eigenvalue weighted by atomic mass is 32.2. The Bertz CT molecular complexity index is 538. The Balaban J connectivity index is 3.04. The number of carbonyl (C=O) groups is 2. The Morgan fingerprint density at radius 3 is 2.36 bits per heavy atom. The molecule has 1 amide bonds. The molecule has 1 rings (SSSR count). The molecular weight excluding hydrogens is 318 g/mol. The zero-order valence-electron chi connectivity index (χ0n) is 13.2. The van der Waals surface area contributed by atoms with Crippen molar-refractivity contribution in [3.63, 3.8) is 0 Å². The predicted octanol–water partition coefficient (Wildman–Crippen LogP) is -0.202. The fourth-order valence-corrected chi connectivity index (χ4v) is 2.55. The normalized spacial score (nSPS) is 25.6. The summed E-state index contributed by atoms with van der Waals surface area (Å²) in [5, 5.41) is 2.32. The van der Waals surface area contributed by atoms with E-state index in [1.54, 1.807) is 20.8 Å². The van der Waals surface area contributed by atoms with E-state index in [9.17, 15) is 18.0 Å². The van der Waals surface area contributed by atoms with Crippen molar-refractivity contribution in [1.82, 2.24) is 5.32 Å². The molecule has 2 atom stereocenters. The van der Waals surface area contributed by atoms with Crippen LogP contribution < -0.4 is 5.32 Å². The average molecular weight is 339 g/mol. The van der Waals surface area contributed by atoms with E-state index >= 15 is 0 Å². The maximum absolute atomic E-state index is 12.1. The minimum atomic E-state index is -3.87. The highest BCUT2D eigenvalue weighted by Crippen LogP contribution is 2.26. The van der Waals surface area contributed by atoms with Gasteiger partial charge in [0.25, 0.3) is 10.1 Å². The summed E-state index contributed by atoms with van der Waals surface area (Å²) in [6.45, 7) is 4.45. The SMILES string of the molecule is COC(=O)[C@@]1(NC(=O)OC(C)(C)C)COC[C@@H]1OS(C)(=O)=O. The van der Waals surface area contributed by atoms with Crippen LogP contribution in [0.25, 0.3) is 0 Å². The molecule has 128 valence electrons. The van der Waals surface area contributed by atoms with Gasteiger partial charge in [0.15, 0.2) is 5.54 Å². The standard InChI is InChI=1S/C12H21NO8S/c1-11(2,3)20-10(15)13-12(9(14)18-4)7-19-6-8(12)21-22(5,16)17/h8H,6-7H2,1-5H3,(H,13,15)/t8-,12+/m0/s1. The molecule has 0 saturated carbocycles. The number of hydrogen-bond acceptors (Lipinski definition) is 8. The zero-order chi connectivity index (χ0) is 17.2. The number of nitrogens with one attached hydrogen (secondary N) is 1. The summed E-state index contributed by atoms with van der Waals surface area (Å²) in [6, 6.07) is 0. The van der Waals surface area contributed by atoms with Crippen LogP contribution in [-0.2, 0) is 33.3 Å². The molecule has 0 aromatic rings. The number of amides is 1. The van der Waals surface area contributed by atoms with Crippen molar-refractivity contribution in [1.29, 1.82) is 0 Å². The first kappa shape index (κ1) is 18.7. The lowest BCUT2D eigenvalue weighted by molar-refractivity contribution is -0.151. The molecule has 0 spiro atoms. The fourth-order valence-electron chi connectivity index (χ4n) is 1.91. The quantitative estimate of drug-likeness (QED) is 0.553. The van der Waals surface area contributed by atoms with Crippen molar-refractivity contribution in [2.45, 2.75) is 38.0 Å². The van der Waals surface area contributed by atoms with Crippen LogP contribution in [0, 0.1) is 0 Å². The van der Waals surface area contributed by atoms with Gasteiger partial charge in [0, 0.05) is 0 Å². The van der Waals surface area contributed by atoms with E-state index in [0.29, 0.717) is 0 Å². The first-order chi connectivity index (χ1) is 9.89. The lowest BCUT2D eigenvalue weighted by Crippen LogP contribution is -2.63. The topological polar surface area (TPSA) is 117 Å². The van der Waals surface area contributed by atoms with Crippen LogP contribution in [0.5, 0.6) is 0 Å². The maximum Gasteiger partial charge on any atom is 0.408 e. The van der Waals surface area contributed by atoms with Gasteiger partial charge in [0.1, 0.15) is 11.7 Å². The van der Waals surface area contributed by atoms with Gasteiger partial charge in [-0.25, -0.2) is 9.59 Å². The second-order valence-electron chi connectivity index (χ2n) is 5.89. The number of hydrogen-bond donors (Lipinski definition) is 1. The summed E-state index contributed by atoms with van der Waals surface area (Å²) in [6.07, 6.45) is -1.33. The molecule has 1 aliphatic heterocycles. The molecule has 10 heteroatoms. The van der Waals surface area contributed by atoms with Crippen LogP contribution in [0.2, 0.25) is 0 Å². The molecular formula is C12H21NO8S. The van der Waals surface area contributed by atoms with Crippen molar-refractivity contribution >= 4 is 22.2 Å². The van der Waals surface area contributed by atoms with Crippen LogP contribution in [0.3, 0.4) is 0 Å². The lowest BCUT2D eigenvalue weighted by Gasteiger charge is -2.31. The molecule has 1 N–H and O–H groups in total. The largest absolute Gasteiger partial charge is 0.467 e. The van der Waals surface area contributed by atoms with Crippen molar-refractivity contribution in [3.05, 3.63) is 0 Å². The highest BCUT2D eigenvalue weighted by molar-refractivity contribution is 7.86. The fraction of sp³-hybridized carbons (Fsp3) is 0.833. The van der Waals surface area contributed by atoms with Gasteiger partial charge >= 0.3 is 12.1 Å². The molecule has 0 radical (unpaired) electrons. The summed E-state index contributed by atoms with van der Waals surface area (Å²) in [4.78, 5) is 24.0. The molecule has 9 nitrogen and oxygen atoms in total. The van der Waals surface area contributed by atoms with Crippen LogP contribution in [-0.4, -0.2) is 64.3 Å². The predicted molar refractivity (Wildman–Crippen MR) is 74.7 cm³/mol. The van der Waals surface area contributed by atoms with Gasteiger partial charge < -0.3 is 19.5 Å². The van der Waals surface area contributed by atoms with E-state index in [1.807, 2.05) is 0 Å². The van der Waals surface area contributed by atoms with Crippen LogP contribution >= 0.6 is 0 Å². The third kappa shape index (κ3) is 4.82. The third-order valence-corrected chi connectivity index (χ3v) is 3.30. The number of rotatable bonds is 4. The number of methoxy groups -OCH3 is 1. The molecule has 0 bridgehead atoms. The Kier molecular flexibility index (Phi) is 5.42. The van der Waals surface area contributed by atoms with Crippen molar-refractivity contribution in [2.24, 2.45) is 0 Å². The van der Waals surface area contributed by atoms with Gasteiger partial charge in [-0.15, -0.1) is 0 Å². The zero-order valence-corrected chi connectivity index (χ0v) is 14.0. The molecule has 1 aliphatic rings. The Morgan fingerprint density at radius 2 is 1.91 bits per heavy atom. The molecule has 0 aliphatic carbocycles. The summed E-state index contributed by atoms with van der Waals surface area (Å²) < 4.78 is 42.3. The maximum atomic E-state index is 12.1. The van der Waals surface area contributed by atoms with Crippen molar-refractivity contribution in [3.8, 4) is 0 Å². The van der Waals surface area contributed by atoms with Gasteiger partial charge in [-0.05, 0) is 20.8 Å². The second-order valence-corrected chi connectivity index (χ2v) is 7.49. The monoisotopic (exact) mass is 339 g/mol. The Labute approximate surface area is 129 Å². The van der Waals surface area contributed by atoms with Crippen LogP contribution in [0.15, 0.2) is 0 Å². The first-order valence-electron chi connectivity index (χ1n) is 6.45. The average Bonchev–Trinajstić information content (AvgIpc) is 2.67. The van der Waals surface area contributed by atoms with E-state index in [2.05, 4.69) is 10.1 Å². The van der Waals surface area contributed by atoms with Crippen molar-refractivity contribution in [2.75, 3.05) is 26.6 Å². The van der Waals surface area contributed by atoms with E-state index in [0.717, 1.165) is 13.4 Å². The van der Waals surface area contributed by atoms with E-state index < -0.39 is 39.4 Å². The molecule has 1 saturated heterocycles. The molecule has 1 heterocycles. The van der Waals surface area contributed by atoms with Gasteiger partial charge in [-0.3, -0.25) is 4.18 Å². The Hall–Kier alpha value is -1.39. The number of carbonyl (C=O) groups excluding carboxylic acids is 2. The minimum absolute atomic E-state index is 0.196. The second kappa shape index (κ2) is 6.39. The lowest BCUT2D eigenvalue weighted by atomic mass is 9.96. The smallest absolute Gasteiger partial charge is 0.408 e. The first-order valence-corrected chi connectivity index (χ1v) is 8.27.